The van der Waals surface area contributed by atoms with E-state index in [-0.39, 0.29) is 25.5 Å². The number of carbonyl (C=O) groups excluding carboxylic acids is 2. The van der Waals surface area contributed by atoms with Crippen LogP contribution in [0.1, 0.15) is 37.3 Å². The van der Waals surface area contributed by atoms with Crippen molar-refractivity contribution in [3.8, 4) is 11.1 Å². The van der Waals surface area contributed by atoms with Crippen LogP contribution in [-0.2, 0) is 14.3 Å². The zero-order valence-corrected chi connectivity index (χ0v) is 18.6. The Kier molecular flexibility index (Phi) is 7.18. The van der Waals surface area contributed by atoms with Gasteiger partial charge in [-0.15, -0.1) is 0 Å². The van der Waals surface area contributed by atoms with Crippen LogP contribution in [0.5, 0.6) is 0 Å². The second-order valence-corrected chi connectivity index (χ2v) is 8.90. The molecule has 1 aliphatic rings. The fourth-order valence-corrected chi connectivity index (χ4v) is 3.95. The highest BCUT2D eigenvalue weighted by atomic mass is 19.4. The Morgan fingerprint density at radius 3 is 2.03 bits per heavy atom. The summed E-state index contributed by atoms with van der Waals surface area (Å²) in [4.78, 5) is 35.3. The van der Waals surface area contributed by atoms with Gasteiger partial charge in [0.1, 0.15) is 6.61 Å². The van der Waals surface area contributed by atoms with Crippen LogP contribution in [0.4, 0.5) is 18.0 Å². The predicted molar refractivity (Wildman–Crippen MR) is 117 cm³/mol. The van der Waals surface area contributed by atoms with Gasteiger partial charge < -0.3 is 20.5 Å². The maximum absolute atomic E-state index is 13.5. The molecule has 0 bridgehead atoms. The van der Waals surface area contributed by atoms with E-state index in [2.05, 4.69) is 5.32 Å². The number of hydrogen-bond donors (Lipinski definition) is 3. The van der Waals surface area contributed by atoms with Crippen LogP contribution in [0.2, 0.25) is 0 Å². The molecule has 1 aliphatic carbocycles. The number of carbonyl (C=O) groups is 3. The molecule has 0 radical (unpaired) electrons. The van der Waals surface area contributed by atoms with Crippen LogP contribution >= 0.6 is 0 Å². The SMILES string of the molecule is CC(C)(CNC(=O)C(NC(=O)OCC1c2ccccc2-c2ccccc21)C(F)(F)F)CC(=O)O. The first-order chi connectivity index (χ1) is 15.9. The molecule has 0 saturated carbocycles. The number of carboxylic acids is 1. The van der Waals surface area contributed by atoms with Crippen molar-refractivity contribution in [3.05, 3.63) is 59.7 Å². The third-order valence-electron chi connectivity index (χ3n) is 5.57. The summed E-state index contributed by atoms with van der Waals surface area (Å²) in [5, 5.41) is 12.5. The first-order valence-corrected chi connectivity index (χ1v) is 10.6. The van der Waals surface area contributed by atoms with E-state index in [0.717, 1.165) is 22.3 Å². The van der Waals surface area contributed by atoms with Gasteiger partial charge in [0, 0.05) is 12.5 Å². The molecule has 10 heteroatoms. The van der Waals surface area contributed by atoms with Crippen molar-refractivity contribution in [3.63, 3.8) is 0 Å². The predicted octanol–water partition coefficient (Wildman–Crippen LogP) is 4.07. The van der Waals surface area contributed by atoms with Gasteiger partial charge in [-0.1, -0.05) is 62.4 Å². The summed E-state index contributed by atoms with van der Waals surface area (Å²) >= 11 is 0. The van der Waals surface area contributed by atoms with Gasteiger partial charge in [-0.2, -0.15) is 13.2 Å². The van der Waals surface area contributed by atoms with Crippen LogP contribution in [-0.4, -0.2) is 48.4 Å². The smallest absolute Gasteiger partial charge is 0.417 e. The van der Waals surface area contributed by atoms with E-state index in [0.29, 0.717) is 0 Å². The Morgan fingerprint density at radius 1 is 1.00 bits per heavy atom. The summed E-state index contributed by atoms with van der Waals surface area (Å²) in [5.41, 5.74) is 2.72. The van der Waals surface area contributed by atoms with Gasteiger partial charge in [-0.3, -0.25) is 9.59 Å². The van der Waals surface area contributed by atoms with Gasteiger partial charge >= 0.3 is 18.2 Å². The van der Waals surface area contributed by atoms with Crippen molar-refractivity contribution in [2.45, 2.75) is 38.4 Å². The van der Waals surface area contributed by atoms with Crippen LogP contribution < -0.4 is 10.6 Å². The standard InChI is InChI=1S/C24H25F3N2O5/c1-23(2,11-19(30)31)13-28-21(32)20(24(25,26)27)29-22(33)34-12-18-16-9-5-3-7-14(16)15-8-4-6-10-17(15)18/h3-10,18,20H,11-13H2,1-2H3,(H,28,32)(H,29,33)(H,30,31). The van der Waals surface area contributed by atoms with Crippen molar-refractivity contribution in [1.29, 1.82) is 0 Å². The number of alkyl carbamates (subject to hydrolysis) is 1. The van der Waals surface area contributed by atoms with Crippen LogP contribution in [0, 0.1) is 5.41 Å². The van der Waals surface area contributed by atoms with Crippen molar-refractivity contribution in [1.82, 2.24) is 10.6 Å². The molecule has 0 saturated heterocycles. The number of nitrogens with one attached hydrogen (secondary N) is 2. The first kappa shape index (κ1) is 25.1. The summed E-state index contributed by atoms with van der Waals surface area (Å²) in [6.07, 6.45) is -6.82. The van der Waals surface area contributed by atoms with E-state index in [9.17, 15) is 27.6 Å². The monoisotopic (exact) mass is 478 g/mol. The molecule has 2 aromatic carbocycles. The molecule has 182 valence electrons. The van der Waals surface area contributed by atoms with Crippen molar-refractivity contribution in [2.24, 2.45) is 5.41 Å². The number of aliphatic carboxylic acids is 1. The Hall–Kier alpha value is -3.56. The maximum atomic E-state index is 13.5. The zero-order valence-electron chi connectivity index (χ0n) is 18.6. The maximum Gasteiger partial charge on any atom is 0.417 e. The molecule has 0 aromatic heterocycles. The number of alkyl halides is 3. The van der Waals surface area contributed by atoms with Crippen LogP contribution in [0.15, 0.2) is 48.5 Å². The van der Waals surface area contributed by atoms with Crippen LogP contribution in [0.25, 0.3) is 11.1 Å². The van der Waals surface area contributed by atoms with E-state index in [1.165, 1.54) is 13.8 Å². The molecule has 3 rings (SSSR count). The molecule has 0 heterocycles. The molecule has 0 aliphatic heterocycles. The zero-order chi connectivity index (χ0) is 25.1. The Balaban J connectivity index is 1.65. The first-order valence-electron chi connectivity index (χ1n) is 10.6. The third-order valence-corrected chi connectivity index (χ3v) is 5.57. The molecule has 7 nitrogen and oxygen atoms in total. The van der Waals surface area contributed by atoms with Gasteiger partial charge in [-0.05, 0) is 27.7 Å². The molecule has 0 fully saturated rings. The Morgan fingerprint density at radius 2 is 1.53 bits per heavy atom. The van der Waals surface area contributed by atoms with Gasteiger partial charge in [0.05, 0.1) is 6.42 Å². The lowest BCUT2D eigenvalue weighted by Crippen LogP contribution is -2.56. The molecule has 34 heavy (non-hydrogen) atoms. The highest BCUT2D eigenvalue weighted by Crippen LogP contribution is 2.44. The molecular formula is C24H25F3N2O5. The molecule has 2 amide bonds. The summed E-state index contributed by atoms with van der Waals surface area (Å²) in [5.74, 6) is -3.00. The lowest BCUT2D eigenvalue weighted by Gasteiger charge is -2.26. The van der Waals surface area contributed by atoms with Gasteiger partial charge in [0.2, 0.25) is 6.04 Å². The Bertz CT molecular complexity index is 1040. The lowest BCUT2D eigenvalue weighted by atomic mass is 9.89. The van der Waals surface area contributed by atoms with E-state index in [1.54, 1.807) is 5.32 Å². The minimum absolute atomic E-state index is 0.211. The highest BCUT2D eigenvalue weighted by molar-refractivity contribution is 5.86. The molecule has 3 N–H and O–H groups in total. The largest absolute Gasteiger partial charge is 0.481 e. The fraction of sp³-hybridized carbons (Fsp3) is 0.375. The summed E-state index contributed by atoms with van der Waals surface area (Å²) in [7, 11) is 0. The molecule has 1 unspecified atom stereocenters. The van der Waals surface area contributed by atoms with E-state index < -0.39 is 35.6 Å². The van der Waals surface area contributed by atoms with Crippen LogP contribution in [0.3, 0.4) is 0 Å². The molecular weight excluding hydrogens is 453 g/mol. The number of amides is 2. The lowest BCUT2D eigenvalue weighted by molar-refractivity contribution is -0.168. The number of halogens is 3. The van der Waals surface area contributed by atoms with E-state index in [1.807, 2.05) is 48.5 Å². The van der Waals surface area contributed by atoms with Gasteiger partial charge in [0.15, 0.2) is 0 Å². The average Bonchev–Trinajstić information content (AvgIpc) is 3.06. The average molecular weight is 478 g/mol. The fourth-order valence-electron chi connectivity index (χ4n) is 3.95. The number of ether oxygens (including phenoxy) is 1. The molecule has 2 aromatic rings. The van der Waals surface area contributed by atoms with Crippen molar-refractivity contribution in [2.75, 3.05) is 13.2 Å². The summed E-state index contributed by atoms with van der Waals surface area (Å²) in [6.45, 7) is 2.45. The normalized spacial score (nSPS) is 14.0. The number of benzene rings is 2. The Labute approximate surface area is 194 Å². The number of fused-ring (bicyclic) bond motifs is 3. The van der Waals surface area contributed by atoms with Crippen molar-refractivity contribution >= 4 is 18.0 Å². The minimum atomic E-state index is -5.08. The topological polar surface area (TPSA) is 105 Å². The van der Waals surface area contributed by atoms with E-state index >= 15 is 0 Å². The quantitative estimate of drug-likeness (QED) is 0.531. The van der Waals surface area contributed by atoms with Gasteiger partial charge in [-0.25, -0.2) is 4.79 Å². The number of carboxylic acid groups (broad SMARTS) is 1. The third kappa shape index (κ3) is 5.86. The van der Waals surface area contributed by atoms with Gasteiger partial charge in [0.25, 0.3) is 5.91 Å². The minimum Gasteiger partial charge on any atom is -0.481 e. The molecule has 0 spiro atoms. The van der Waals surface area contributed by atoms with Crippen molar-refractivity contribution < 1.29 is 37.4 Å². The summed E-state index contributed by atoms with van der Waals surface area (Å²) < 4.78 is 45.5. The number of hydrogen-bond acceptors (Lipinski definition) is 4. The summed E-state index contributed by atoms with van der Waals surface area (Å²) in [6, 6.07) is 12.1. The second kappa shape index (κ2) is 9.74. The highest BCUT2D eigenvalue weighted by Gasteiger charge is 2.46. The van der Waals surface area contributed by atoms with E-state index in [4.69, 9.17) is 9.84 Å². The molecule has 1 atom stereocenters. The number of rotatable bonds is 8. The second-order valence-electron chi connectivity index (χ2n) is 8.90.